The zero-order valence-corrected chi connectivity index (χ0v) is 18.3. The molecule has 0 unspecified atom stereocenters. The number of amides is 2. The number of carbonyl (C=O) groups excluding carboxylic acids is 2. The Morgan fingerprint density at radius 3 is 2.68 bits per heavy atom. The first-order valence-electron chi connectivity index (χ1n) is 9.91. The Bertz CT molecular complexity index is 1430. The number of benzene rings is 2. The van der Waals surface area contributed by atoms with Crippen LogP contribution in [0.2, 0.25) is 0 Å². The molecule has 2 aromatic carbocycles. The van der Waals surface area contributed by atoms with E-state index in [0.29, 0.717) is 21.8 Å². The molecule has 2 aromatic heterocycles. The van der Waals surface area contributed by atoms with Gasteiger partial charge in [-0.25, -0.2) is 4.98 Å². The molecule has 0 aliphatic carbocycles. The number of hydrogen-bond acceptors (Lipinski definition) is 8. The summed E-state index contributed by atoms with van der Waals surface area (Å²) in [5.41, 5.74) is 4.46. The number of rotatable bonds is 7. The first-order valence-corrected chi connectivity index (χ1v) is 10.9. The first-order chi connectivity index (χ1) is 16.4. The fourth-order valence-corrected chi connectivity index (χ4v) is 3.88. The molecular formula is C22H17N5O6S. The second-order valence-electron chi connectivity index (χ2n) is 6.98. The van der Waals surface area contributed by atoms with Gasteiger partial charge in [0, 0.05) is 17.7 Å². The van der Waals surface area contributed by atoms with Crippen LogP contribution >= 0.6 is 11.8 Å². The van der Waals surface area contributed by atoms with Crippen LogP contribution in [0.4, 0.5) is 5.69 Å². The molecule has 12 heteroatoms. The Kier molecular flexibility index (Phi) is 6.69. The highest BCUT2D eigenvalue weighted by Crippen LogP contribution is 2.19. The zero-order chi connectivity index (χ0) is 24.1. The van der Waals surface area contributed by atoms with Gasteiger partial charge in [-0.1, -0.05) is 30.0 Å². The Labute approximate surface area is 195 Å². The van der Waals surface area contributed by atoms with Gasteiger partial charge >= 0.3 is 0 Å². The molecule has 4 rings (SSSR count). The maximum absolute atomic E-state index is 13.0. The summed E-state index contributed by atoms with van der Waals surface area (Å²) in [6, 6.07) is 15.4. The van der Waals surface area contributed by atoms with E-state index >= 15 is 0 Å². The number of hydrazine groups is 1. The smallest absolute Gasteiger partial charge is 0.270 e. The van der Waals surface area contributed by atoms with Crippen molar-refractivity contribution in [1.82, 2.24) is 20.4 Å². The third-order valence-corrected chi connectivity index (χ3v) is 5.66. The quantitative estimate of drug-likeness (QED) is 0.178. The molecule has 0 bridgehead atoms. The Hall–Kier alpha value is -4.45. The van der Waals surface area contributed by atoms with Crippen molar-refractivity contribution >= 4 is 40.2 Å². The first kappa shape index (κ1) is 22.7. The van der Waals surface area contributed by atoms with Crippen LogP contribution in [0.25, 0.3) is 10.9 Å². The largest absolute Gasteiger partial charge is 0.467 e. The Morgan fingerprint density at radius 1 is 1.09 bits per heavy atom. The lowest BCUT2D eigenvalue weighted by Gasteiger charge is -2.12. The van der Waals surface area contributed by atoms with Crippen molar-refractivity contribution < 1.29 is 18.9 Å². The highest BCUT2D eigenvalue weighted by Gasteiger charge is 2.16. The van der Waals surface area contributed by atoms with Crippen LogP contribution in [-0.4, -0.2) is 32.0 Å². The van der Waals surface area contributed by atoms with E-state index in [9.17, 15) is 24.5 Å². The van der Waals surface area contributed by atoms with Gasteiger partial charge in [0.15, 0.2) is 5.16 Å². The third kappa shape index (κ3) is 5.13. The molecule has 0 atom stereocenters. The number of hydrogen-bond donors (Lipinski definition) is 2. The number of carbonyl (C=O) groups is 2. The van der Waals surface area contributed by atoms with Gasteiger partial charge in [-0.3, -0.25) is 39.9 Å². The van der Waals surface area contributed by atoms with E-state index in [1.165, 1.54) is 29.0 Å². The fourth-order valence-electron chi connectivity index (χ4n) is 3.08. The number of thioether (sulfide) groups is 1. The van der Waals surface area contributed by atoms with Crippen LogP contribution in [0, 0.1) is 10.1 Å². The monoisotopic (exact) mass is 479 g/mol. The van der Waals surface area contributed by atoms with Gasteiger partial charge in [0.1, 0.15) is 5.76 Å². The van der Waals surface area contributed by atoms with Crippen LogP contribution in [0.1, 0.15) is 16.1 Å². The SMILES string of the molecule is O=C(CSc1nc2ccccc2c(=O)n1Cc1ccco1)NNC(=O)c1cccc([N+](=O)[O-])c1. The molecule has 0 saturated heterocycles. The number of nitrogens with one attached hydrogen (secondary N) is 2. The van der Waals surface area contributed by atoms with Crippen LogP contribution in [0.3, 0.4) is 0 Å². The molecule has 0 fully saturated rings. The van der Waals surface area contributed by atoms with E-state index in [1.54, 1.807) is 36.4 Å². The Morgan fingerprint density at radius 2 is 1.91 bits per heavy atom. The Balaban J connectivity index is 1.46. The van der Waals surface area contributed by atoms with Gasteiger partial charge in [-0.05, 0) is 30.3 Å². The van der Waals surface area contributed by atoms with E-state index in [2.05, 4.69) is 15.8 Å². The minimum Gasteiger partial charge on any atom is -0.467 e. The molecule has 2 heterocycles. The molecule has 4 aromatic rings. The predicted molar refractivity (Wildman–Crippen MR) is 123 cm³/mol. The summed E-state index contributed by atoms with van der Waals surface area (Å²) in [4.78, 5) is 52.3. The van der Waals surface area contributed by atoms with Crippen molar-refractivity contribution in [3.8, 4) is 0 Å². The van der Waals surface area contributed by atoms with Crippen LogP contribution in [0.15, 0.2) is 81.3 Å². The van der Waals surface area contributed by atoms with Crippen molar-refractivity contribution in [1.29, 1.82) is 0 Å². The standard InChI is InChI=1S/C22H17N5O6S/c28-19(24-25-20(29)14-5-3-6-15(11-14)27(31)32)13-34-22-23-18-9-2-1-8-17(18)21(30)26(22)12-16-7-4-10-33-16/h1-11H,12-13H2,(H,24,28)(H,25,29). The number of furan rings is 1. The summed E-state index contributed by atoms with van der Waals surface area (Å²) in [7, 11) is 0. The van der Waals surface area contributed by atoms with Crippen molar-refractivity contribution in [3.05, 3.63) is 98.7 Å². The summed E-state index contributed by atoms with van der Waals surface area (Å²) in [5, 5.41) is 11.6. The molecule has 0 saturated carbocycles. The summed E-state index contributed by atoms with van der Waals surface area (Å²) < 4.78 is 6.77. The van der Waals surface area contributed by atoms with E-state index in [1.807, 2.05) is 0 Å². The third-order valence-electron chi connectivity index (χ3n) is 4.69. The van der Waals surface area contributed by atoms with Gasteiger partial charge in [0.2, 0.25) is 5.91 Å². The number of fused-ring (bicyclic) bond motifs is 1. The van der Waals surface area contributed by atoms with Gasteiger partial charge in [-0.2, -0.15) is 0 Å². The van der Waals surface area contributed by atoms with Crippen molar-refractivity contribution in [3.63, 3.8) is 0 Å². The van der Waals surface area contributed by atoms with Crippen LogP contribution in [0.5, 0.6) is 0 Å². The molecule has 2 amide bonds. The molecular weight excluding hydrogens is 462 g/mol. The van der Waals surface area contributed by atoms with E-state index in [0.717, 1.165) is 17.8 Å². The number of nitro benzene ring substituents is 1. The minimum absolute atomic E-state index is 0.0191. The van der Waals surface area contributed by atoms with Crippen LogP contribution < -0.4 is 16.4 Å². The zero-order valence-electron chi connectivity index (χ0n) is 17.5. The molecule has 0 aliphatic rings. The van der Waals surface area contributed by atoms with Crippen molar-refractivity contribution in [2.75, 3.05) is 5.75 Å². The van der Waals surface area contributed by atoms with Gasteiger partial charge in [0.25, 0.3) is 17.2 Å². The van der Waals surface area contributed by atoms with Crippen molar-refractivity contribution in [2.24, 2.45) is 0 Å². The summed E-state index contributed by atoms with van der Waals surface area (Å²) in [6.07, 6.45) is 1.50. The predicted octanol–water partition coefficient (Wildman–Crippen LogP) is 2.50. The number of nitrogens with zero attached hydrogens (tertiary/aromatic N) is 3. The average molecular weight is 479 g/mol. The normalized spacial score (nSPS) is 10.7. The topological polar surface area (TPSA) is 149 Å². The van der Waals surface area contributed by atoms with Gasteiger partial charge < -0.3 is 4.42 Å². The van der Waals surface area contributed by atoms with Gasteiger partial charge in [0.05, 0.1) is 34.4 Å². The van der Waals surface area contributed by atoms with E-state index in [-0.39, 0.29) is 29.1 Å². The molecule has 11 nitrogen and oxygen atoms in total. The number of nitro groups is 1. The maximum atomic E-state index is 13.0. The molecule has 2 N–H and O–H groups in total. The summed E-state index contributed by atoms with van der Waals surface area (Å²) in [5.74, 6) is -0.871. The highest BCUT2D eigenvalue weighted by atomic mass is 32.2. The minimum atomic E-state index is -0.708. The summed E-state index contributed by atoms with van der Waals surface area (Å²) >= 11 is 1.02. The van der Waals surface area contributed by atoms with Crippen LogP contribution in [-0.2, 0) is 11.3 Å². The highest BCUT2D eigenvalue weighted by molar-refractivity contribution is 7.99. The molecule has 172 valence electrons. The maximum Gasteiger partial charge on any atom is 0.270 e. The van der Waals surface area contributed by atoms with E-state index in [4.69, 9.17) is 4.42 Å². The number of aromatic nitrogens is 2. The lowest BCUT2D eigenvalue weighted by Crippen LogP contribution is -2.42. The fraction of sp³-hybridized carbons (Fsp3) is 0.0909. The lowest BCUT2D eigenvalue weighted by molar-refractivity contribution is -0.384. The molecule has 0 aliphatic heterocycles. The molecule has 0 radical (unpaired) electrons. The number of non-ortho nitro benzene ring substituents is 1. The van der Waals surface area contributed by atoms with Gasteiger partial charge in [-0.15, -0.1) is 0 Å². The van der Waals surface area contributed by atoms with E-state index < -0.39 is 16.7 Å². The second-order valence-corrected chi connectivity index (χ2v) is 7.92. The average Bonchev–Trinajstić information content (AvgIpc) is 3.36. The molecule has 0 spiro atoms. The summed E-state index contributed by atoms with van der Waals surface area (Å²) in [6.45, 7) is 0.136. The lowest BCUT2D eigenvalue weighted by atomic mass is 10.2. The number of para-hydroxylation sites is 1. The second kappa shape index (κ2) is 10.0. The van der Waals surface area contributed by atoms with Crippen molar-refractivity contribution in [2.45, 2.75) is 11.7 Å². The molecule has 34 heavy (non-hydrogen) atoms.